The maximum Gasteiger partial charge on any atom is 0.333 e. The van der Waals surface area contributed by atoms with E-state index in [2.05, 4.69) is 9.47 Å². The Labute approximate surface area is 141 Å². The molecule has 0 N–H and O–H groups in total. The Morgan fingerprint density at radius 3 is 1.48 bits per heavy atom. The summed E-state index contributed by atoms with van der Waals surface area (Å²) in [5, 5.41) is 0. The minimum Gasteiger partial charge on any atom is -0.371 e. The number of rotatable bonds is 3. The molecule has 156 valence electrons. The first-order valence-corrected chi connectivity index (χ1v) is 7.42. The molecule has 0 radical (unpaired) electrons. The molecule has 0 aromatic heterocycles. The molecular weight excluding hydrogens is 416 g/mol. The first-order chi connectivity index (χ1) is 12.0. The summed E-state index contributed by atoms with van der Waals surface area (Å²) in [6.07, 6.45) is -15.6. The van der Waals surface area contributed by atoms with Gasteiger partial charge in [-0.15, -0.1) is 0 Å². The van der Waals surface area contributed by atoms with Crippen molar-refractivity contribution in [2.75, 3.05) is 13.2 Å². The highest BCUT2D eigenvalue weighted by atomic mass is 19.3. The van der Waals surface area contributed by atoms with Crippen molar-refractivity contribution in [3.8, 4) is 0 Å². The number of halogens is 12. The van der Waals surface area contributed by atoms with E-state index in [-0.39, 0.29) is 6.61 Å². The van der Waals surface area contributed by atoms with Gasteiger partial charge in [-0.25, -0.2) is 26.3 Å². The van der Waals surface area contributed by atoms with Crippen LogP contribution >= 0.6 is 0 Å². The SMILES string of the molecule is FC1C2(F)C(F)C3(OCC4CO4)C(F)C1(F)C(F)(F)C(F)(C2(F)F)C3(F)F. The minimum atomic E-state index is -6.81. The average molecular weight is 424 g/mol. The van der Waals surface area contributed by atoms with Crippen molar-refractivity contribution in [2.24, 2.45) is 0 Å². The second-order valence-corrected chi connectivity index (χ2v) is 7.06. The van der Waals surface area contributed by atoms with Gasteiger partial charge in [0.2, 0.25) is 16.9 Å². The summed E-state index contributed by atoms with van der Waals surface area (Å²) in [7, 11) is 0. The first-order valence-electron chi connectivity index (χ1n) is 7.42. The van der Waals surface area contributed by atoms with Crippen molar-refractivity contribution in [1.82, 2.24) is 0 Å². The molecule has 1 saturated heterocycles. The monoisotopic (exact) mass is 424 g/mol. The molecule has 5 atom stereocenters. The molecule has 0 aromatic carbocycles. The van der Waals surface area contributed by atoms with Crippen molar-refractivity contribution in [2.45, 2.75) is 65.0 Å². The van der Waals surface area contributed by atoms with Crippen LogP contribution in [-0.2, 0) is 9.47 Å². The lowest BCUT2D eigenvalue weighted by Gasteiger charge is -2.71. The van der Waals surface area contributed by atoms with Crippen LogP contribution < -0.4 is 0 Å². The average Bonchev–Trinajstić information content (AvgIpc) is 3.39. The highest BCUT2D eigenvalue weighted by Crippen LogP contribution is 2.80. The Kier molecular flexibility index (Phi) is 3.21. The molecule has 0 aromatic rings. The molecule has 14 heteroatoms. The lowest BCUT2D eigenvalue weighted by Crippen LogP contribution is -3.03. The Hall–Kier alpha value is -0.920. The number of alkyl halides is 12. The predicted molar refractivity (Wildman–Crippen MR) is 59.5 cm³/mol. The van der Waals surface area contributed by atoms with E-state index in [4.69, 9.17) is 0 Å². The van der Waals surface area contributed by atoms with Crippen molar-refractivity contribution in [1.29, 1.82) is 0 Å². The van der Waals surface area contributed by atoms with Gasteiger partial charge in [0.05, 0.1) is 13.2 Å². The number of hydrogen-bond donors (Lipinski definition) is 0. The highest BCUT2D eigenvalue weighted by molar-refractivity contribution is 5.49. The molecule has 5 fully saturated rings. The largest absolute Gasteiger partial charge is 0.371 e. The van der Waals surface area contributed by atoms with Crippen LogP contribution in [0.3, 0.4) is 0 Å². The summed E-state index contributed by atoms with van der Waals surface area (Å²) in [6.45, 7) is -1.58. The zero-order valence-electron chi connectivity index (χ0n) is 12.6. The number of epoxide rings is 1. The van der Waals surface area contributed by atoms with Gasteiger partial charge in [0.1, 0.15) is 6.10 Å². The van der Waals surface area contributed by atoms with Crippen molar-refractivity contribution < 1.29 is 62.2 Å². The fraction of sp³-hybridized carbons (Fsp3) is 1.00. The van der Waals surface area contributed by atoms with E-state index in [1.165, 1.54) is 0 Å². The van der Waals surface area contributed by atoms with Crippen LogP contribution in [0.2, 0.25) is 0 Å². The van der Waals surface area contributed by atoms with Gasteiger partial charge in [-0.2, -0.15) is 26.3 Å². The third-order valence-corrected chi connectivity index (χ3v) is 5.89. The molecule has 27 heavy (non-hydrogen) atoms. The Balaban J connectivity index is 2.06. The summed E-state index contributed by atoms with van der Waals surface area (Å²) < 4.78 is 181. The smallest absolute Gasteiger partial charge is 0.333 e. The van der Waals surface area contributed by atoms with Crippen LogP contribution in [0.25, 0.3) is 0 Å². The highest BCUT2D eigenvalue weighted by Gasteiger charge is 3.12. The van der Waals surface area contributed by atoms with Crippen LogP contribution in [0, 0.1) is 0 Å². The van der Waals surface area contributed by atoms with Crippen LogP contribution in [0.4, 0.5) is 52.7 Å². The molecule has 0 amide bonds. The second-order valence-electron chi connectivity index (χ2n) is 7.06. The summed E-state index contributed by atoms with van der Waals surface area (Å²) in [5.74, 6) is -20.0. The molecule has 0 spiro atoms. The lowest BCUT2D eigenvalue weighted by atomic mass is 9.42. The quantitative estimate of drug-likeness (QED) is 0.513. The summed E-state index contributed by atoms with van der Waals surface area (Å²) in [6, 6.07) is 0. The van der Waals surface area contributed by atoms with Crippen LogP contribution in [0.1, 0.15) is 0 Å². The van der Waals surface area contributed by atoms with Gasteiger partial charge in [-0.1, -0.05) is 0 Å². The Bertz CT molecular complexity index is 659. The molecule has 1 aliphatic heterocycles. The van der Waals surface area contributed by atoms with E-state index in [1.54, 1.807) is 0 Å². The molecule has 5 unspecified atom stereocenters. The van der Waals surface area contributed by atoms with Crippen LogP contribution in [-0.4, -0.2) is 78.2 Å². The maximum atomic E-state index is 14.7. The summed E-state index contributed by atoms with van der Waals surface area (Å²) in [4.78, 5) is 0. The lowest BCUT2D eigenvalue weighted by molar-refractivity contribution is -0.533. The van der Waals surface area contributed by atoms with Crippen LogP contribution in [0.5, 0.6) is 0 Å². The van der Waals surface area contributed by atoms with Gasteiger partial charge in [-0.05, 0) is 0 Å². The minimum absolute atomic E-state index is 0.268. The van der Waals surface area contributed by atoms with Crippen molar-refractivity contribution in [3.63, 3.8) is 0 Å². The predicted octanol–water partition coefficient (Wildman–Crippen LogP) is 3.23. The standard InChI is InChI=1S/C13H8F12O2/c14-4-7(17)5(15)9(27-2-3-1-26-3)6(16)8(4,18)12(22,23)10(19,11(7,20)21)13(9,24)25/h3-6H,1-2H2. The van der Waals surface area contributed by atoms with Gasteiger partial charge >= 0.3 is 23.4 Å². The van der Waals surface area contributed by atoms with Gasteiger partial charge in [-0.3, -0.25) is 0 Å². The van der Waals surface area contributed by atoms with E-state index in [1.807, 2.05) is 0 Å². The summed E-state index contributed by atoms with van der Waals surface area (Å²) >= 11 is 0. The molecule has 4 aliphatic carbocycles. The molecule has 2 nitrogen and oxygen atoms in total. The number of ether oxygens (including phenoxy) is 2. The Morgan fingerprint density at radius 1 is 0.704 bits per heavy atom. The van der Waals surface area contributed by atoms with E-state index >= 15 is 0 Å². The molecule has 5 aliphatic rings. The third-order valence-electron chi connectivity index (χ3n) is 5.89. The van der Waals surface area contributed by atoms with Crippen molar-refractivity contribution in [3.05, 3.63) is 0 Å². The van der Waals surface area contributed by atoms with Gasteiger partial charge in [0, 0.05) is 0 Å². The normalized spacial score (nSPS) is 59.1. The van der Waals surface area contributed by atoms with Gasteiger partial charge in [0.25, 0.3) is 0 Å². The van der Waals surface area contributed by atoms with E-state index in [0.717, 1.165) is 0 Å². The molecule has 4 bridgehead atoms. The zero-order valence-corrected chi connectivity index (χ0v) is 12.6. The maximum absolute atomic E-state index is 14.7. The molecule has 5 rings (SSSR count). The third kappa shape index (κ3) is 1.39. The molecule has 1 heterocycles. The fourth-order valence-electron chi connectivity index (χ4n) is 4.29. The summed E-state index contributed by atoms with van der Waals surface area (Å²) in [5.41, 5.74) is -23.7. The first kappa shape index (κ1) is 19.4. The van der Waals surface area contributed by atoms with Gasteiger partial charge in [0.15, 0.2) is 18.5 Å². The molecular formula is C13H8F12O2. The van der Waals surface area contributed by atoms with E-state index in [9.17, 15) is 52.7 Å². The fourth-order valence-corrected chi connectivity index (χ4v) is 4.29. The molecule has 4 saturated carbocycles. The van der Waals surface area contributed by atoms with E-state index < -0.39 is 71.6 Å². The zero-order chi connectivity index (χ0) is 20.6. The second kappa shape index (κ2) is 4.46. The number of hydrogen-bond acceptors (Lipinski definition) is 2. The van der Waals surface area contributed by atoms with Crippen LogP contribution in [0.15, 0.2) is 0 Å². The topological polar surface area (TPSA) is 21.8 Å². The van der Waals surface area contributed by atoms with E-state index in [0.29, 0.717) is 0 Å². The van der Waals surface area contributed by atoms with Crippen molar-refractivity contribution >= 4 is 0 Å². The Morgan fingerprint density at radius 2 is 1.11 bits per heavy atom. The van der Waals surface area contributed by atoms with Gasteiger partial charge < -0.3 is 9.47 Å².